The van der Waals surface area contributed by atoms with Crippen LogP contribution in [0.25, 0.3) is 6.08 Å². The highest BCUT2D eigenvalue weighted by atomic mass is 19.4. The second kappa shape index (κ2) is 6.77. The van der Waals surface area contributed by atoms with Crippen molar-refractivity contribution >= 4 is 17.9 Å². The summed E-state index contributed by atoms with van der Waals surface area (Å²) >= 11 is 0. The number of alkyl halides is 3. The van der Waals surface area contributed by atoms with Crippen LogP contribution in [0.3, 0.4) is 0 Å². The Morgan fingerprint density at radius 3 is 2.41 bits per heavy atom. The molecular formula is C16H16F3NO2. The van der Waals surface area contributed by atoms with Gasteiger partial charge in [0.15, 0.2) is 0 Å². The fourth-order valence-electron chi connectivity index (χ4n) is 2.26. The Morgan fingerprint density at radius 2 is 1.77 bits per heavy atom. The number of benzene rings is 1. The molecule has 0 aromatic heterocycles. The molecule has 118 valence electrons. The summed E-state index contributed by atoms with van der Waals surface area (Å²) in [6, 6.07) is 4.50. The quantitative estimate of drug-likeness (QED) is 0.782. The molecular weight excluding hydrogens is 295 g/mol. The summed E-state index contributed by atoms with van der Waals surface area (Å²) in [6.45, 7) is 0.398. The van der Waals surface area contributed by atoms with Gasteiger partial charge >= 0.3 is 6.18 Å². The number of hydrogen-bond donors (Lipinski definition) is 0. The van der Waals surface area contributed by atoms with Gasteiger partial charge in [-0.15, -0.1) is 0 Å². The lowest BCUT2D eigenvalue weighted by molar-refractivity contribution is -0.141. The number of carbonyl (C=O) groups excluding carboxylic acids is 2. The molecule has 1 aromatic rings. The van der Waals surface area contributed by atoms with Crippen molar-refractivity contribution in [3.05, 3.63) is 41.5 Å². The summed E-state index contributed by atoms with van der Waals surface area (Å²) in [5.41, 5.74) is -0.262. The Bertz CT molecular complexity index is 576. The van der Waals surface area contributed by atoms with Gasteiger partial charge in [-0.05, 0) is 36.6 Å². The zero-order valence-electron chi connectivity index (χ0n) is 11.9. The Balaban J connectivity index is 2.04. The Labute approximate surface area is 126 Å². The van der Waals surface area contributed by atoms with Crippen molar-refractivity contribution in [2.24, 2.45) is 0 Å². The number of nitrogens with zero attached hydrogens (tertiary/aromatic N) is 1. The lowest BCUT2D eigenvalue weighted by atomic mass is 10.1. The largest absolute Gasteiger partial charge is 0.416 e. The molecule has 1 fully saturated rings. The molecule has 0 unspecified atom stereocenters. The molecule has 22 heavy (non-hydrogen) atoms. The maximum Gasteiger partial charge on any atom is 0.416 e. The molecule has 6 heteroatoms. The van der Waals surface area contributed by atoms with Crippen molar-refractivity contribution in [1.82, 2.24) is 4.90 Å². The molecule has 0 saturated carbocycles. The fourth-order valence-corrected chi connectivity index (χ4v) is 2.26. The maximum absolute atomic E-state index is 12.4. The predicted octanol–water partition coefficient (Wildman–Crippen LogP) is 3.65. The lowest BCUT2D eigenvalue weighted by Crippen LogP contribution is -2.35. The molecule has 3 nitrogen and oxygen atoms in total. The van der Waals surface area contributed by atoms with Gasteiger partial charge in [-0.1, -0.05) is 18.6 Å². The van der Waals surface area contributed by atoms with E-state index in [4.69, 9.17) is 0 Å². The molecule has 0 aliphatic carbocycles. The van der Waals surface area contributed by atoms with Gasteiger partial charge in [0, 0.05) is 19.0 Å². The summed E-state index contributed by atoms with van der Waals surface area (Å²) in [6.07, 6.45) is 1.11. The fraction of sp³-hybridized carbons (Fsp3) is 0.375. The summed E-state index contributed by atoms with van der Waals surface area (Å²) in [5, 5.41) is 0. The van der Waals surface area contributed by atoms with E-state index in [1.54, 1.807) is 0 Å². The van der Waals surface area contributed by atoms with E-state index in [0.717, 1.165) is 31.4 Å². The smallest absolute Gasteiger partial charge is 0.279 e. The van der Waals surface area contributed by atoms with E-state index in [1.807, 2.05) is 0 Å². The van der Waals surface area contributed by atoms with Crippen molar-refractivity contribution < 1.29 is 22.8 Å². The van der Waals surface area contributed by atoms with Gasteiger partial charge in [-0.3, -0.25) is 14.5 Å². The highest BCUT2D eigenvalue weighted by molar-refractivity contribution is 6.02. The molecule has 1 heterocycles. The van der Waals surface area contributed by atoms with Crippen molar-refractivity contribution in [1.29, 1.82) is 0 Å². The molecule has 2 rings (SSSR count). The van der Waals surface area contributed by atoms with Crippen LogP contribution in [0.1, 0.15) is 36.8 Å². The van der Waals surface area contributed by atoms with Crippen LogP contribution in [-0.4, -0.2) is 23.3 Å². The molecule has 0 atom stereocenters. The van der Waals surface area contributed by atoms with E-state index < -0.39 is 17.6 Å². The Morgan fingerprint density at radius 1 is 1.09 bits per heavy atom. The van der Waals surface area contributed by atoms with E-state index in [0.29, 0.717) is 18.5 Å². The number of halogens is 3. The minimum Gasteiger partial charge on any atom is -0.279 e. The van der Waals surface area contributed by atoms with Crippen LogP contribution in [-0.2, 0) is 15.8 Å². The average molecular weight is 311 g/mol. The third-order valence-corrected chi connectivity index (χ3v) is 3.50. The first-order valence-corrected chi connectivity index (χ1v) is 7.07. The molecule has 0 radical (unpaired) electrons. The Hall–Kier alpha value is -2.11. The van der Waals surface area contributed by atoms with Crippen molar-refractivity contribution in [3.63, 3.8) is 0 Å². The number of imide groups is 1. The molecule has 1 aliphatic rings. The van der Waals surface area contributed by atoms with E-state index in [9.17, 15) is 22.8 Å². The summed E-state index contributed by atoms with van der Waals surface area (Å²) < 4.78 is 37.3. The number of rotatable bonds is 2. The summed E-state index contributed by atoms with van der Waals surface area (Å²) in [5.74, 6) is -0.619. The lowest BCUT2D eigenvalue weighted by Gasteiger charge is -2.16. The Kier molecular flexibility index (Phi) is 5.00. The molecule has 0 N–H and O–H groups in total. The van der Waals surface area contributed by atoms with E-state index >= 15 is 0 Å². The van der Waals surface area contributed by atoms with Crippen molar-refractivity contribution in [3.8, 4) is 0 Å². The average Bonchev–Trinajstić information content (AvgIpc) is 2.69. The number of likely N-dealkylation sites (tertiary alicyclic amines) is 1. The van der Waals surface area contributed by atoms with E-state index in [1.165, 1.54) is 29.2 Å². The first kappa shape index (κ1) is 16.3. The van der Waals surface area contributed by atoms with E-state index in [-0.39, 0.29) is 5.91 Å². The van der Waals surface area contributed by atoms with Gasteiger partial charge in [0.2, 0.25) is 5.91 Å². The molecule has 0 spiro atoms. The van der Waals surface area contributed by atoms with Gasteiger partial charge in [0.25, 0.3) is 5.91 Å². The molecule has 0 bridgehead atoms. The molecule has 2 amide bonds. The van der Waals surface area contributed by atoms with Crippen molar-refractivity contribution in [2.75, 3.05) is 6.54 Å². The van der Waals surface area contributed by atoms with Gasteiger partial charge < -0.3 is 0 Å². The molecule has 1 aliphatic heterocycles. The summed E-state index contributed by atoms with van der Waals surface area (Å²) in [7, 11) is 0. The van der Waals surface area contributed by atoms with E-state index in [2.05, 4.69) is 0 Å². The SMILES string of the molecule is O=C(/C=C/c1ccc(C(F)(F)F)cc1)N1CCCCCC1=O. The minimum absolute atomic E-state index is 0.195. The van der Waals surface area contributed by atoms with Gasteiger partial charge in [0.1, 0.15) is 0 Å². The van der Waals surface area contributed by atoms with Gasteiger partial charge in [0.05, 0.1) is 5.56 Å². The minimum atomic E-state index is -4.38. The highest BCUT2D eigenvalue weighted by Gasteiger charge is 2.29. The van der Waals surface area contributed by atoms with Gasteiger partial charge in [-0.2, -0.15) is 13.2 Å². The van der Waals surface area contributed by atoms with Crippen LogP contribution in [0.2, 0.25) is 0 Å². The van der Waals surface area contributed by atoms with Crippen molar-refractivity contribution in [2.45, 2.75) is 31.9 Å². The second-order valence-electron chi connectivity index (χ2n) is 5.15. The molecule has 1 saturated heterocycles. The first-order valence-electron chi connectivity index (χ1n) is 7.07. The zero-order valence-corrected chi connectivity index (χ0v) is 11.9. The number of carbonyl (C=O) groups is 2. The van der Waals surface area contributed by atoms with Crippen LogP contribution in [0.15, 0.2) is 30.3 Å². The van der Waals surface area contributed by atoms with Crippen LogP contribution in [0, 0.1) is 0 Å². The normalized spacial score (nSPS) is 16.9. The third kappa shape index (κ3) is 4.19. The van der Waals surface area contributed by atoms with Crippen LogP contribution >= 0.6 is 0 Å². The first-order chi connectivity index (χ1) is 10.4. The van der Waals surface area contributed by atoms with Gasteiger partial charge in [-0.25, -0.2) is 0 Å². The van der Waals surface area contributed by atoms with Crippen LogP contribution in [0.5, 0.6) is 0 Å². The second-order valence-corrected chi connectivity index (χ2v) is 5.15. The highest BCUT2D eigenvalue weighted by Crippen LogP contribution is 2.29. The monoisotopic (exact) mass is 311 g/mol. The topological polar surface area (TPSA) is 37.4 Å². The van der Waals surface area contributed by atoms with Crippen LogP contribution < -0.4 is 0 Å². The standard InChI is InChI=1S/C16H16F3NO2/c17-16(18,19)13-8-5-12(6-9-13)7-10-15(22)20-11-3-1-2-4-14(20)21/h5-10H,1-4,11H2/b10-7+. The van der Waals surface area contributed by atoms with Crippen LogP contribution in [0.4, 0.5) is 13.2 Å². The number of amides is 2. The third-order valence-electron chi connectivity index (χ3n) is 3.50. The zero-order chi connectivity index (χ0) is 16.2. The maximum atomic E-state index is 12.4. The summed E-state index contributed by atoms with van der Waals surface area (Å²) in [4.78, 5) is 25.0. The molecule has 1 aromatic carbocycles. The number of hydrogen-bond acceptors (Lipinski definition) is 2. The predicted molar refractivity (Wildman–Crippen MR) is 75.7 cm³/mol.